The zero-order valence-electron chi connectivity index (χ0n) is 11.5. The van der Waals surface area contributed by atoms with Crippen LogP contribution in [0.25, 0.3) is 0 Å². The average molecular weight is 271 g/mol. The summed E-state index contributed by atoms with van der Waals surface area (Å²) in [4.78, 5) is 2.22. The van der Waals surface area contributed by atoms with Crippen molar-refractivity contribution in [3.63, 3.8) is 0 Å². The molecule has 0 aliphatic rings. The van der Waals surface area contributed by atoms with Gasteiger partial charge >= 0.3 is 0 Å². The number of benzene rings is 1. The first-order chi connectivity index (χ1) is 8.70. The molecular formula is C14H23ClN2O. The van der Waals surface area contributed by atoms with E-state index in [4.69, 9.17) is 16.3 Å². The molecule has 0 aliphatic heterocycles. The molecule has 102 valence electrons. The zero-order valence-corrected chi connectivity index (χ0v) is 12.3. The first-order valence-electron chi connectivity index (χ1n) is 6.38. The van der Waals surface area contributed by atoms with Gasteiger partial charge in [0.25, 0.3) is 0 Å². The van der Waals surface area contributed by atoms with Gasteiger partial charge in [0.2, 0.25) is 0 Å². The molecule has 0 saturated heterocycles. The van der Waals surface area contributed by atoms with Crippen molar-refractivity contribution >= 4 is 17.3 Å². The Kier molecular flexibility index (Phi) is 7.09. The van der Waals surface area contributed by atoms with Gasteiger partial charge < -0.3 is 15.0 Å². The zero-order chi connectivity index (χ0) is 13.4. The molecule has 0 aromatic heterocycles. The third-order valence-electron chi connectivity index (χ3n) is 2.81. The van der Waals surface area contributed by atoms with E-state index in [0.29, 0.717) is 0 Å². The molecule has 0 atom stereocenters. The van der Waals surface area contributed by atoms with E-state index in [1.165, 1.54) is 5.56 Å². The van der Waals surface area contributed by atoms with Crippen molar-refractivity contribution in [1.82, 2.24) is 5.32 Å². The van der Waals surface area contributed by atoms with E-state index >= 15 is 0 Å². The van der Waals surface area contributed by atoms with Gasteiger partial charge in [-0.1, -0.05) is 30.7 Å². The van der Waals surface area contributed by atoms with E-state index in [0.717, 1.165) is 43.4 Å². The summed E-state index contributed by atoms with van der Waals surface area (Å²) in [6, 6.07) is 6.06. The van der Waals surface area contributed by atoms with Crippen LogP contribution in [0.2, 0.25) is 5.02 Å². The molecule has 0 amide bonds. The maximum absolute atomic E-state index is 6.31. The van der Waals surface area contributed by atoms with Crippen molar-refractivity contribution in [3.8, 4) is 0 Å². The third kappa shape index (κ3) is 4.48. The highest BCUT2D eigenvalue weighted by molar-refractivity contribution is 6.33. The fourth-order valence-electron chi connectivity index (χ4n) is 1.97. The van der Waals surface area contributed by atoms with Gasteiger partial charge in [-0.15, -0.1) is 0 Å². The molecule has 0 radical (unpaired) electrons. The minimum absolute atomic E-state index is 0.723. The Labute approximate surface area is 115 Å². The van der Waals surface area contributed by atoms with Crippen molar-refractivity contribution < 1.29 is 4.74 Å². The molecule has 0 fully saturated rings. The van der Waals surface area contributed by atoms with E-state index < -0.39 is 0 Å². The summed E-state index contributed by atoms with van der Waals surface area (Å²) in [5, 5.41) is 4.17. The van der Waals surface area contributed by atoms with Crippen molar-refractivity contribution in [1.29, 1.82) is 0 Å². The molecule has 3 nitrogen and oxygen atoms in total. The monoisotopic (exact) mass is 270 g/mol. The van der Waals surface area contributed by atoms with E-state index in [-0.39, 0.29) is 0 Å². The summed E-state index contributed by atoms with van der Waals surface area (Å²) in [5.41, 5.74) is 2.36. The largest absolute Gasteiger partial charge is 0.383 e. The van der Waals surface area contributed by atoms with E-state index in [1.807, 2.05) is 12.1 Å². The summed E-state index contributed by atoms with van der Waals surface area (Å²) in [6.45, 7) is 5.56. The van der Waals surface area contributed by atoms with Gasteiger partial charge in [-0.3, -0.25) is 0 Å². The lowest BCUT2D eigenvalue weighted by atomic mass is 10.1. The lowest BCUT2D eigenvalue weighted by molar-refractivity contribution is 0.199. The fourth-order valence-corrected chi connectivity index (χ4v) is 2.31. The predicted octanol–water partition coefficient (Wildman–Crippen LogP) is 2.92. The molecule has 0 unspecified atom stereocenters. The predicted molar refractivity (Wildman–Crippen MR) is 78.6 cm³/mol. The average Bonchev–Trinajstić information content (AvgIpc) is 2.35. The van der Waals surface area contributed by atoms with Crippen LogP contribution in [0.3, 0.4) is 0 Å². The van der Waals surface area contributed by atoms with Crippen molar-refractivity contribution in [3.05, 3.63) is 28.8 Å². The van der Waals surface area contributed by atoms with Gasteiger partial charge in [0.1, 0.15) is 0 Å². The number of para-hydroxylation sites is 1. The minimum Gasteiger partial charge on any atom is -0.383 e. The second kappa shape index (κ2) is 8.35. The number of ether oxygens (including phenoxy) is 1. The van der Waals surface area contributed by atoms with Gasteiger partial charge in [0.15, 0.2) is 0 Å². The normalized spacial score (nSPS) is 10.7. The SMILES string of the molecule is CCCN(C)c1c(Cl)cccc1CNCCOC. The number of anilines is 1. The molecule has 1 aromatic rings. The van der Waals surface area contributed by atoms with Crippen LogP contribution in [-0.4, -0.2) is 33.9 Å². The smallest absolute Gasteiger partial charge is 0.0642 e. The fraction of sp³-hybridized carbons (Fsp3) is 0.571. The highest BCUT2D eigenvalue weighted by Gasteiger charge is 2.10. The number of rotatable bonds is 8. The Balaban J connectivity index is 2.73. The van der Waals surface area contributed by atoms with Crippen molar-refractivity contribution in [2.45, 2.75) is 19.9 Å². The molecular weight excluding hydrogens is 248 g/mol. The summed E-state index contributed by atoms with van der Waals surface area (Å²) >= 11 is 6.31. The Hall–Kier alpha value is -0.770. The van der Waals surface area contributed by atoms with Gasteiger partial charge in [0, 0.05) is 33.8 Å². The van der Waals surface area contributed by atoms with E-state index in [9.17, 15) is 0 Å². The van der Waals surface area contributed by atoms with Crippen LogP contribution in [0.15, 0.2) is 18.2 Å². The van der Waals surface area contributed by atoms with Crippen LogP contribution in [0.1, 0.15) is 18.9 Å². The second-order valence-electron chi connectivity index (χ2n) is 4.34. The summed E-state index contributed by atoms with van der Waals surface area (Å²) in [6.07, 6.45) is 1.11. The Morgan fingerprint density at radius 1 is 1.39 bits per heavy atom. The van der Waals surface area contributed by atoms with Gasteiger partial charge in [-0.05, 0) is 18.1 Å². The maximum Gasteiger partial charge on any atom is 0.0642 e. The number of hydrogen-bond acceptors (Lipinski definition) is 3. The summed E-state index contributed by atoms with van der Waals surface area (Å²) in [7, 11) is 3.80. The number of halogens is 1. The highest BCUT2D eigenvalue weighted by Crippen LogP contribution is 2.29. The Morgan fingerprint density at radius 2 is 2.17 bits per heavy atom. The number of nitrogens with one attached hydrogen (secondary N) is 1. The Morgan fingerprint density at radius 3 is 2.83 bits per heavy atom. The number of methoxy groups -OCH3 is 1. The molecule has 1 N–H and O–H groups in total. The van der Waals surface area contributed by atoms with Crippen LogP contribution in [0.4, 0.5) is 5.69 Å². The standard InChI is InChI=1S/C14H23ClN2O/c1-4-9-17(2)14-12(6-5-7-13(14)15)11-16-8-10-18-3/h5-7,16H,4,8-11H2,1-3H3. The second-order valence-corrected chi connectivity index (χ2v) is 4.75. The van der Waals surface area contributed by atoms with E-state index in [2.05, 4.69) is 30.3 Å². The summed E-state index contributed by atoms with van der Waals surface area (Å²) in [5.74, 6) is 0. The molecule has 4 heteroatoms. The summed E-state index contributed by atoms with van der Waals surface area (Å²) < 4.78 is 5.02. The van der Waals surface area contributed by atoms with Crippen LogP contribution in [0.5, 0.6) is 0 Å². The van der Waals surface area contributed by atoms with Gasteiger partial charge in [0.05, 0.1) is 17.3 Å². The lowest BCUT2D eigenvalue weighted by Gasteiger charge is -2.23. The van der Waals surface area contributed by atoms with Crippen LogP contribution >= 0.6 is 11.6 Å². The van der Waals surface area contributed by atoms with E-state index in [1.54, 1.807) is 7.11 Å². The Bertz CT molecular complexity index is 358. The first-order valence-corrected chi connectivity index (χ1v) is 6.76. The van der Waals surface area contributed by atoms with Crippen molar-refractivity contribution in [2.24, 2.45) is 0 Å². The minimum atomic E-state index is 0.723. The number of hydrogen-bond donors (Lipinski definition) is 1. The first kappa shape index (κ1) is 15.3. The number of nitrogens with zero attached hydrogens (tertiary/aromatic N) is 1. The molecule has 1 aromatic carbocycles. The third-order valence-corrected chi connectivity index (χ3v) is 3.11. The molecule has 0 heterocycles. The topological polar surface area (TPSA) is 24.5 Å². The van der Waals surface area contributed by atoms with Crippen molar-refractivity contribution in [2.75, 3.05) is 38.8 Å². The maximum atomic E-state index is 6.31. The highest BCUT2D eigenvalue weighted by atomic mass is 35.5. The molecule has 18 heavy (non-hydrogen) atoms. The molecule has 1 rings (SSSR count). The molecule has 0 aliphatic carbocycles. The van der Waals surface area contributed by atoms with Crippen LogP contribution in [-0.2, 0) is 11.3 Å². The molecule has 0 bridgehead atoms. The van der Waals surface area contributed by atoms with Crippen LogP contribution < -0.4 is 10.2 Å². The molecule has 0 saturated carbocycles. The lowest BCUT2D eigenvalue weighted by Crippen LogP contribution is -2.23. The van der Waals surface area contributed by atoms with Gasteiger partial charge in [-0.2, -0.15) is 0 Å². The molecule has 0 spiro atoms. The quantitative estimate of drug-likeness (QED) is 0.735. The van der Waals surface area contributed by atoms with Crippen LogP contribution in [0, 0.1) is 0 Å². The van der Waals surface area contributed by atoms with Gasteiger partial charge in [-0.25, -0.2) is 0 Å².